The Hall–Kier alpha value is -1.11. The van der Waals surface area contributed by atoms with Crippen LogP contribution < -0.4 is 0 Å². The Morgan fingerprint density at radius 1 is 1.07 bits per heavy atom. The quantitative estimate of drug-likeness (QED) is 0.671. The highest BCUT2D eigenvalue weighted by molar-refractivity contribution is 5.55. The first kappa shape index (κ1) is 12.0. The molecule has 0 nitrogen and oxygen atoms in total. The summed E-state index contributed by atoms with van der Waals surface area (Å²) in [5, 5.41) is 0. The van der Waals surface area contributed by atoms with Crippen LogP contribution in [0.5, 0.6) is 0 Å². The van der Waals surface area contributed by atoms with Gasteiger partial charge in [-0.1, -0.05) is 40.3 Å². The van der Waals surface area contributed by atoms with Crippen molar-refractivity contribution in [2.45, 2.75) is 39.5 Å². The van der Waals surface area contributed by atoms with E-state index >= 15 is 0 Å². The highest BCUT2D eigenvalue weighted by Gasteiger charge is 2.12. The van der Waals surface area contributed by atoms with Crippen LogP contribution in [0.1, 0.15) is 56.2 Å². The van der Waals surface area contributed by atoms with Gasteiger partial charge >= 0.3 is 0 Å². The van der Waals surface area contributed by atoms with E-state index in [0.717, 1.165) is 16.7 Å². The van der Waals surface area contributed by atoms with Gasteiger partial charge in [-0.05, 0) is 40.7 Å². The Morgan fingerprint density at radius 2 is 1.60 bits per heavy atom. The van der Waals surface area contributed by atoms with E-state index in [9.17, 15) is 4.39 Å². The molecule has 0 unspecified atom stereocenters. The molecule has 1 heteroatoms. The fourth-order valence-electron chi connectivity index (χ4n) is 1.74. The van der Waals surface area contributed by atoms with Gasteiger partial charge in [-0.3, -0.25) is 0 Å². The summed E-state index contributed by atoms with van der Waals surface area (Å²) in [6.45, 7) is 11.9. The number of hydrogen-bond acceptors (Lipinski definition) is 0. The lowest BCUT2D eigenvalue weighted by molar-refractivity contribution is 0.594. The minimum atomic E-state index is -0.0979. The van der Waals surface area contributed by atoms with E-state index in [0.29, 0.717) is 5.92 Å². The molecule has 0 amide bonds. The van der Waals surface area contributed by atoms with Crippen LogP contribution >= 0.6 is 0 Å². The van der Waals surface area contributed by atoms with Crippen molar-refractivity contribution in [3.8, 4) is 0 Å². The van der Waals surface area contributed by atoms with Gasteiger partial charge in [-0.2, -0.15) is 0 Å². The molecule has 0 aliphatic heterocycles. The number of rotatable bonds is 3. The fourth-order valence-corrected chi connectivity index (χ4v) is 1.74. The molecule has 0 spiro atoms. The van der Waals surface area contributed by atoms with Crippen LogP contribution in [0.25, 0.3) is 6.08 Å². The van der Waals surface area contributed by atoms with Crippen LogP contribution in [0.15, 0.2) is 18.7 Å². The van der Waals surface area contributed by atoms with Crippen LogP contribution in [0.4, 0.5) is 4.39 Å². The molecule has 0 saturated carbocycles. The summed E-state index contributed by atoms with van der Waals surface area (Å²) in [5.41, 5.74) is 2.86. The predicted molar refractivity (Wildman–Crippen MR) is 64.7 cm³/mol. The summed E-state index contributed by atoms with van der Waals surface area (Å²) in [4.78, 5) is 0. The van der Waals surface area contributed by atoms with Gasteiger partial charge in [0, 0.05) is 0 Å². The van der Waals surface area contributed by atoms with Crippen LogP contribution in [-0.4, -0.2) is 0 Å². The first-order valence-electron chi connectivity index (χ1n) is 5.43. The lowest BCUT2D eigenvalue weighted by atomic mass is 9.91. The Balaban J connectivity index is 3.35. The second-order valence-corrected chi connectivity index (χ2v) is 4.52. The largest absolute Gasteiger partial charge is 0.207 e. The van der Waals surface area contributed by atoms with Gasteiger partial charge in [0.25, 0.3) is 0 Å². The second-order valence-electron chi connectivity index (χ2n) is 4.52. The van der Waals surface area contributed by atoms with Crippen LogP contribution in [0.3, 0.4) is 0 Å². The standard InChI is InChI=1S/C14H19F/c1-6-11-7-13(10(4)5)14(15)8-12(11)9(2)3/h6-10H,1H2,2-5H3. The topological polar surface area (TPSA) is 0 Å². The van der Waals surface area contributed by atoms with Crippen LogP contribution in [0.2, 0.25) is 0 Å². The summed E-state index contributed by atoms with van der Waals surface area (Å²) >= 11 is 0. The Morgan fingerprint density at radius 3 is 2.00 bits per heavy atom. The Bertz CT molecular complexity index is 362. The number of hydrogen-bond donors (Lipinski definition) is 0. The van der Waals surface area contributed by atoms with Gasteiger partial charge < -0.3 is 0 Å². The monoisotopic (exact) mass is 206 g/mol. The molecule has 0 fully saturated rings. The summed E-state index contributed by atoms with van der Waals surface area (Å²) in [6.07, 6.45) is 1.81. The van der Waals surface area contributed by atoms with Crippen molar-refractivity contribution in [3.63, 3.8) is 0 Å². The lowest BCUT2D eigenvalue weighted by Crippen LogP contribution is -1.99. The van der Waals surface area contributed by atoms with E-state index in [2.05, 4.69) is 20.4 Å². The minimum Gasteiger partial charge on any atom is -0.207 e. The van der Waals surface area contributed by atoms with Crippen LogP contribution in [0, 0.1) is 5.82 Å². The van der Waals surface area contributed by atoms with Crippen molar-refractivity contribution in [1.29, 1.82) is 0 Å². The molecule has 1 aromatic carbocycles. The number of halogens is 1. The highest BCUT2D eigenvalue weighted by atomic mass is 19.1. The van der Waals surface area contributed by atoms with E-state index in [4.69, 9.17) is 0 Å². The third-order valence-electron chi connectivity index (χ3n) is 2.67. The van der Waals surface area contributed by atoms with E-state index in [1.165, 1.54) is 0 Å². The van der Waals surface area contributed by atoms with Crippen molar-refractivity contribution < 1.29 is 4.39 Å². The highest BCUT2D eigenvalue weighted by Crippen LogP contribution is 2.27. The lowest BCUT2D eigenvalue weighted by Gasteiger charge is -2.15. The van der Waals surface area contributed by atoms with Gasteiger partial charge in [-0.25, -0.2) is 4.39 Å². The maximum atomic E-state index is 13.7. The smallest absolute Gasteiger partial charge is 0.126 e. The van der Waals surface area contributed by atoms with Crippen molar-refractivity contribution in [2.75, 3.05) is 0 Å². The molecule has 1 aromatic rings. The summed E-state index contributed by atoms with van der Waals surface area (Å²) in [6, 6.07) is 3.57. The zero-order valence-electron chi connectivity index (χ0n) is 9.97. The zero-order chi connectivity index (χ0) is 11.6. The van der Waals surface area contributed by atoms with Gasteiger partial charge in [0.05, 0.1) is 0 Å². The zero-order valence-corrected chi connectivity index (χ0v) is 9.97. The van der Waals surface area contributed by atoms with E-state index < -0.39 is 0 Å². The Kier molecular flexibility index (Phi) is 3.67. The molecule has 0 aliphatic rings. The van der Waals surface area contributed by atoms with Crippen molar-refractivity contribution in [2.24, 2.45) is 0 Å². The molecule has 82 valence electrons. The van der Waals surface area contributed by atoms with E-state index in [-0.39, 0.29) is 11.7 Å². The predicted octanol–water partition coefficient (Wildman–Crippen LogP) is 4.72. The van der Waals surface area contributed by atoms with Crippen molar-refractivity contribution in [1.82, 2.24) is 0 Å². The maximum absolute atomic E-state index is 13.7. The van der Waals surface area contributed by atoms with E-state index in [1.54, 1.807) is 12.1 Å². The molecular weight excluding hydrogens is 187 g/mol. The Labute approximate surface area is 91.8 Å². The second kappa shape index (κ2) is 4.61. The summed E-state index contributed by atoms with van der Waals surface area (Å²) in [5.74, 6) is 0.443. The molecule has 0 aromatic heterocycles. The summed E-state index contributed by atoms with van der Waals surface area (Å²) < 4.78 is 13.7. The molecule has 0 bridgehead atoms. The first-order valence-corrected chi connectivity index (χ1v) is 5.43. The number of benzene rings is 1. The van der Waals surface area contributed by atoms with Crippen molar-refractivity contribution >= 4 is 6.08 Å². The van der Waals surface area contributed by atoms with Gasteiger partial charge in [0.2, 0.25) is 0 Å². The molecule has 0 N–H and O–H groups in total. The first-order chi connectivity index (χ1) is 6.97. The molecule has 0 aliphatic carbocycles. The SMILES string of the molecule is C=Cc1cc(C(C)C)c(F)cc1C(C)C. The van der Waals surface area contributed by atoms with Crippen LogP contribution in [-0.2, 0) is 0 Å². The summed E-state index contributed by atoms with van der Waals surface area (Å²) in [7, 11) is 0. The third kappa shape index (κ3) is 2.47. The molecular formula is C14H19F. The molecule has 0 radical (unpaired) electrons. The normalized spacial score (nSPS) is 11.1. The maximum Gasteiger partial charge on any atom is 0.126 e. The van der Waals surface area contributed by atoms with Gasteiger partial charge in [-0.15, -0.1) is 0 Å². The van der Waals surface area contributed by atoms with Gasteiger partial charge in [0.15, 0.2) is 0 Å². The molecule has 15 heavy (non-hydrogen) atoms. The molecule has 1 rings (SSSR count). The molecule has 0 saturated heterocycles. The minimum absolute atomic E-state index is 0.0979. The van der Waals surface area contributed by atoms with Crippen molar-refractivity contribution in [3.05, 3.63) is 41.2 Å². The van der Waals surface area contributed by atoms with E-state index in [1.807, 2.05) is 19.9 Å². The fraction of sp³-hybridized carbons (Fsp3) is 0.429. The molecule has 0 atom stereocenters. The average molecular weight is 206 g/mol. The molecule has 0 heterocycles. The third-order valence-corrected chi connectivity index (χ3v) is 2.67. The average Bonchev–Trinajstić information content (AvgIpc) is 2.16. The van der Waals surface area contributed by atoms with Gasteiger partial charge in [0.1, 0.15) is 5.82 Å².